The summed E-state index contributed by atoms with van der Waals surface area (Å²) in [7, 11) is 0. The van der Waals surface area contributed by atoms with Gasteiger partial charge in [-0.1, -0.05) is 0 Å². The van der Waals surface area contributed by atoms with Crippen LogP contribution in [0.2, 0.25) is 0 Å². The number of rotatable bonds is 4. The van der Waals surface area contributed by atoms with Crippen LogP contribution in [-0.2, 0) is 6.42 Å². The number of aromatic nitrogens is 4. The van der Waals surface area contributed by atoms with E-state index in [1.165, 1.54) is 6.33 Å². The fourth-order valence-corrected chi connectivity index (χ4v) is 1.23. The van der Waals surface area contributed by atoms with Crippen molar-refractivity contribution in [2.45, 2.75) is 6.42 Å². The van der Waals surface area contributed by atoms with Gasteiger partial charge in [-0.05, 0) is 0 Å². The number of hydrogen-bond acceptors (Lipinski definition) is 5. The predicted octanol–water partition coefficient (Wildman–Crippen LogP) is 0.436. The normalized spacial score (nSPS) is 10.1. The van der Waals surface area contributed by atoms with Crippen LogP contribution in [0, 0.1) is 0 Å². The van der Waals surface area contributed by atoms with Crippen LogP contribution in [0.4, 0.5) is 11.5 Å². The molecular weight excluding hydrogens is 192 g/mol. The Morgan fingerprint density at radius 2 is 2.27 bits per heavy atom. The third-order valence-electron chi connectivity index (χ3n) is 1.98. The summed E-state index contributed by atoms with van der Waals surface area (Å²) in [4.78, 5) is 14.8. The average Bonchev–Trinajstić information content (AvgIpc) is 2.74. The molecule has 0 radical (unpaired) electrons. The van der Waals surface area contributed by atoms with Gasteiger partial charge in [-0.15, -0.1) is 0 Å². The molecule has 0 bridgehead atoms. The first-order chi connectivity index (χ1) is 7.36. The summed E-state index contributed by atoms with van der Waals surface area (Å²) in [5, 5.41) is 3.13. The van der Waals surface area contributed by atoms with Gasteiger partial charge in [-0.25, -0.2) is 15.0 Å². The van der Waals surface area contributed by atoms with Gasteiger partial charge in [-0.3, -0.25) is 0 Å². The predicted molar refractivity (Wildman–Crippen MR) is 57.2 cm³/mol. The Labute approximate surface area is 87.0 Å². The summed E-state index contributed by atoms with van der Waals surface area (Å²) in [6.45, 7) is 0.753. The maximum absolute atomic E-state index is 5.67. The first-order valence-electron chi connectivity index (χ1n) is 4.63. The van der Waals surface area contributed by atoms with Crippen molar-refractivity contribution in [1.29, 1.82) is 0 Å². The molecule has 0 aromatic carbocycles. The molecule has 0 saturated heterocycles. The van der Waals surface area contributed by atoms with Gasteiger partial charge in [0.05, 0.1) is 18.2 Å². The molecule has 0 atom stereocenters. The molecular formula is C9H12N6. The van der Waals surface area contributed by atoms with Crippen LogP contribution >= 0.6 is 0 Å². The summed E-state index contributed by atoms with van der Waals surface area (Å²) in [5.41, 5.74) is 7.31. The lowest BCUT2D eigenvalue weighted by atomic mass is 10.3. The fraction of sp³-hybridized carbons (Fsp3) is 0.222. The molecule has 0 aliphatic carbocycles. The minimum absolute atomic E-state index is 0.558. The molecule has 6 nitrogen and oxygen atoms in total. The van der Waals surface area contributed by atoms with Crippen LogP contribution in [-0.4, -0.2) is 26.5 Å². The minimum Gasteiger partial charge on any atom is -0.394 e. The van der Waals surface area contributed by atoms with E-state index in [0.717, 1.165) is 18.7 Å². The smallest absolute Gasteiger partial charge is 0.152 e. The van der Waals surface area contributed by atoms with Crippen LogP contribution in [0.15, 0.2) is 25.0 Å². The molecule has 15 heavy (non-hydrogen) atoms. The van der Waals surface area contributed by atoms with Gasteiger partial charge in [0.2, 0.25) is 0 Å². The molecule has 0 unspecified atom stereocenters. The van der Waals surface area contributed by atoms with Gasteiger partial charge in [0.1, 0.15) is 6.33 Å². The van der Waals surface area contributed by atoms with Crippen molar-refractivity contribution in [3.05, 3.63) is 30.7 Å². The number of hydrogen-bond donors (Lipinski definition) is 3. The highest BCUT2D eigenvalue weighted by Gasteiger charge is 1.99. The van der Waals surface area contributed by atoms with Crippen LogP contribution in [0.5, 0.6) is 0 Å². The SMILES string of the molecule is Nc1cncnc1NCCc1cnc[nH]1. The maximum atomic E-state index is 5.67. The van der Waals surface area contributed by atoms with E-state index in [4.69, 9.17) is 5.73 Å². The number of H-pyrrole nitrogens is 1. The second-order valence-electron chi connectivity index (χ2n) is 3.08. The van der Waals surface area contributed by atoms with E-state index < -0.39 is 0 Å². The topological polar surface area (TPSA) is 92.5 Å². The fourth-order valence-electron chi connectivity index (χ4n) is 1.23. The van der Waals surface area contributed by atoms with E-state index in [0.29, 0.717) is 11.5 Å². The number of nitrogens with zero attached hydrogens (tertiary/aromatic N) is 3. The van der Waals surface area contributed by atoms with E-state index >= 15 is 0 Å². The van der Waals surface area contributed by atoms with Crippen molar-refractivity contribution in [1.82, 2.24) is 19.9 Å². The third kappa shape index (κ3) is 2.43. The highest BCUT2D eigenvalue weighted by atomic mass is 15.0. The lowest BCUT2D eigenvalue weighted by Crippen LogP contribution is -2.08. The molecule has 4 N–H and O–H groups in total. The van der Waals surface area contributed by atoms with Crippen molar-refractivity contribution < 1.29 is 0 Å². The Hall–Kier alpha value is -2.11. The van der Waals surface area contributed by atoms with Crippen molar-refractivity contribution in [2.75, 3.05) is 17.6 Å². The largest absolute Gasteiger partial charge is 0.394 e. The number of nitrogens with one attached hydrogen (secondary N) is 2. The molecule has 2 aromatic rings. The standard InChI is InChI=1S/C9H12N6/c10-8-4-12-6-15-9(8)13-2-1-7-3-11-5-14-7/h3-6H,1-2,10H2,(H,11,14)(H,12,13,15). The third-order valence-corrected chi connectivity index (χ3v) is 1.98. The number of imidazole rings is 1. The van der Waals surface area contributed by atoms with Gasteiger partial charge in [0, 0.05) is 24.9 Å². The lowest BCUT2D eigenvalue weighted by Gasteiger charge is -2.05. The van der Waals surface area contributed by atoms with Crippen molar-refractivity contribution in [2.24, 2.45) is 0 Å². The zero-order valence-electron chi connectivity index (χ0n) is 8.14. The maximum Gasteiger partial charge on any atom is 0.152 e. The zero-order chi connectivity index (χ0) is 10.5. The Morgan fingerprint density at radius 1 is 1.33 bits per heavy atom. The summed E-state index contributed by atoms with van der Waals surface area (Å²) in [6, 6.07) is 0. The number of anilines is 2. The Balaban J connectivity index is 1.86. The van der Waals surface area contributed by atoms with Gasteiger partial charge in [-0.2, -0.15) is 0 Å². The first-order valence-corrected chi connectivity index (χ1v) is 4.63. The molecule has 0 aliphatic rings. The molecule has 6 heteroatoms. The van der Waals surface area contributed by atoms with Crippen LogP contribution in [0.1, 0.15) is 5.69 Å². The van der Waals surface area contributed by atoms with E-state index in [-0.39, 0.29) is 0 Å². The van der Waals surface area contributed by atoms with E-state index in [2.05, 4.69) is 25.3 Å². The van der Waals surface area contributed by atoms with Gasteiger partial charge >= 0.3 is 0 Å². The Kier molecular flexibility index (Phi) is 2.77. The second-order valence-corrected chi connectivity index (χ2v) is 3.08. The molecule has 0 aliphatic heterocycles. The molecule has 0 saturated carbocycles. The Morgan fingerprint density at radius 3 is 3.00 bits per heavy atom. The molecule has 2 heterocycles. The van der Waals surface area contributed by atoms with Crippen molar-refractivity contribution in [3.8, 4) is 0 Å². The minimum atomic E-state index is 0.558. The lowest BCUT2D eigenvalue weighted by molar-refractivity contribution is 0.965. The summed E-state index contributed by atoms with van der Waals surface area (Å²) in [5.74, 6) is 0.671. The number of nitrogen functional groups attached to an aromatic ring is 1. The van der Waals surface area contributed by atoms with E-state index in [1.807, 2.05) is 0 Å². The molecule has 78 valence electrons. The molecule has 0 spiro atoms. The van der Waals surface area contributed by atoms with Gasteiger partial charge in [0.25, 0.3) is 0 Å². The highest BCUT2D eigenvalue weighted by molar-refractivity contribution is 5.58. The summed E-state index contributed by atoms with van der Waals surface area (Å²) < 4.78 is 0. The van der Waals surface area contributed by atoms with Crippen molar-refractivity contribution in [3.63, 3.8) is 0 Å². The van der Waals surface area contributed by atoms with Gasteiger partial charge in [0.15, 0.2) is 5.82 Å². The number of aromatic amines is 1. The Bertz CT molecular complexity index is 410. The molecule has 2 rings (SSSR count). The summed E-state index contributed by atoms with van der Waals surface area (Å²) in [6.07, 6.45) is 7.35. The second kappa shape index (κ2) is 4.41. The zero-order valence-corrected chi connectivity index (χ0v) is 8.14. The summed E-state index contributed by atoms with van der Waals surface area (Å²) >= 11 is 0. The average molecular weight is 204 g/mol. The quantitative estimate of drug-likeness (QED) is 0.671. The van der Waals surface area contributed by atoms with E-state index in [1.54, 1.807) is 18.7 Å². The monoisotopic (exact) mass is 204 g/mol. The van der Waals surface area contributed by atoms with Crippen LogP contribution in [0.3, 0.4) is 0 Å². The van der Waals surface area contributed by atoms with E-state index in [9.17, 15) is 0 Å². The first kappa shape index (κ1) is 9.45. The molecule has 0 fully saturated rings. The highest BCUT2D eigenvalue weighted by Crippen LogP contribution is 2.10. The molecule has 0 amide bonds. The molecule has 2 aromatic heterocycles. The van der Waals surface area contributed by atoms with Gasteiger partial charge < -0.3 is 16.0 Å². The van der Waals surface area contributed by atoms with Crippen LogP contribution < -0.4 is 11.1 Å². The van der Waals surface area contributed by atoms with Crippen LogP contribution in [0.25, 0.3) is 0 Å². The van der Waals surface area contributed by atoms with Crippen molar-refractivity contribution >= 4 is 11.5 Å². The number of nitrogens with two attached hydrogens (primary N) is 1.